The van der Waals surface area contributed by atoms with E-state index in [1.165, 1.54) is 11.0 Å². The van der Waals surface area contributed by atoms with Gasteiger partial charge >= 0.3 is 5.97 Å². The molecule has 4 heteroatoms. The molecule has 1 aromatic heterocycles. The Hall–Kier alpha value is -1.71. The van der Waals surface area contributed by atoms with Gasteiger partial charge in [0.25, 0.3) is 0 Å². The number of aryl methyl sites for hydroxylation is 1. The zero-order chi connectivity index (χ0) is 11.3. The summed E-state index contributed by atoms with van der Waals surface area (Å²) in [4.78, 5) is 11.6. The van der Waals surface area contributed by atoms with Gasteiger partial charge in [0.1, 0.15) is 20.1 Å². The highest BCUT2D eigenvalue weighted by Gasteiger charge is 2.21. The third-order valence-corrected chi connectivity index (χ3v) is 3.08. The minimum atomic E-state index is -0.209. The van der Waals surface area contributed by atoms with Crippen LogP contribution in [0.4, 0.5) is 0 Å². The van der Waals surface area contributed by atoms with E-state index >= 15 is 0 Å². The van der Waals surface area contributed by atoms with Gasteiger partial charge in [-0.05, 0) is 18.6 Å². The van der Waals surface area contributed by atoms with E-state index in [1.54, 1.807) is 0 Å². The number of benzene rings is 1. The van der Waals surface area contributed by atoms with Gasteiger partial charge in [0.05, 0.1) is 12.1 Å². The Bertz CT molecular complexity index is 601. The Morgan fingerprint density at radius 3 is 3.00 bits per heavy atom. The topological polar surface area (TPSA) is 31.2 Å². The fourth-order valence-corrected chi connectivity index (χ4v) is 2.52. The van der Waals surface area contributed by atoms with E-state index in [9.17, 15) is 4.79 Å². The lowest BCUT2D eigenvalue weighted by molar-refractivity contribution is 0.0426. The number of nitrogens with zero attached hydrogens (tertiary/aromatic N) is 1. The Balaban J connectivity index is 2.40. The van der Waals surface area contributed by atoms with Crippen LogP contribution in [0.25, 0.3) is 10.9 Å². The summed E-state index contributed by atoms with van der Waals surface area (Å²) in [5.74, 6) is -0.209. The summed E-state index contributed by atoms with van der Waals surface area (Å²) < 4.78 is 7.11. The number of fused-ring (bicyclic) bond motifs is 3. The van der Waals surface area contributed by atoms with Gasteiger partial charge in [-0.3, -0.25) is 0 Å². The molecule has 2 heterocycles. The first-order chi connectivity index (χ1) is 7.66. The van der Waals surface area contributed by atoms with Crippen LogP contribution in [-0.2, 0) is 11.3 Å². The number of esters is 1. The summed E-state index contributed by atoms with van der Waals surface area (Å²) >= 11 is 0. The molecule has 0 saturated carbocycles. The summed E-state index contributed by atoms with van der Waals surface area (Å²) in [5, 5.41) is 1.13. The van der Waals surface area contributed by atoms with Gasteiger partial charge in [-0.15, -0.1) is 0 Å². The van der Waals surface area contributed by atoms with Gasteiger partial charge in [0.15, 0.2) is 0 Å². The molecule has 0 fully saturated rings. The smallest absolute Gasteiger partial charge is 0.355 e. The van der Waals surface area contributed by atoms with E-state index in [4.69, 9.17) is 4.74 Å². The van der Waals surface area contributed by atoms with Crippen molar-refractivity contribution >= 4 is 30.2 Å². The molecule has 0 atom stereocenters. The molecule has 0 amide bonds. The summed E-state index contributed by atoms with van der Waals surface area (Å²) in [6.45, 7) is 3.32. The van der Waals surface area contributed by atoms with Crippen LogP contribution in [0.2, 0.25) is 0 Å². The Kier molecular flexibility index (Phi) is 1.87. The van der Waals surface area contributed by atoms with Crippen LogP contribution in [0.3, 0.4) is 0 Å². The van der Waals surface area contributed by atoms with E-state index in [1.807, 2.05) is 6.07 Å². The predicted molar refractivity (Wildman–Crippen MR) is 65.1 cm³/mol. The molecule has 1 aliphatic heterocycles. The second-order valence-corrected chi connectivity index (χ2v) is 4.34. The van der Waals surface area contributed by atoms with E-state index in [0.29, 0.717) is 12.3 Å². The standard InChI is InChI=1S/C12H12BNO2/c1-7-4-9(13)5-8-6-10-12(15)16-3-2-14(10)11(7)8/h4-6H,2-3,13H2,1H3. The lowest BCUT2D eigenvalue weighted by atomic mass is 9.93. The first-order valence-corrected chi connectivity index (χ1v) is 5.44. The lowest BCUT2D eigenvalue weighted by Crippen LogP contribution is -2.22. The third kappa shape index (κ3) is 1.19. The second-order valence-electron chi connectivity index (χ2n) is 4.34. The Labute approximate surface area is 94.4 Å². The number of carbonyl (C=O) groups excluding carboxylic acids is 1. The molecule has 0 N–H and O–H groups in total. The maximum Gasteiger partial charge on any atom is 0.355 e. The zero-order valence-corrected chi connectivity index (χ0v) is 9.41. The third-order valence-electron chi connectivity index (χ3n) is 3.08. The summed E-state index contributed by atoms with van der Waals surface area (Å²) in [7, 11) is 2.07. The zero-order valence-electron chi connectivity index (χ0n) is 9.41. The van der Waals surface area contributed by atoms with Crippen LogP contribution in [0, 0.1) is 6.92 Å². The molecule has 0 spiro atoms. The number of cyclic esters (lactones) is 1. The maximum atomic E-state index is 11.6. The Morgan fingerprint density at radius 2 is 2.19 bits per heavy atom. The highest BCUT2D eigenvalue weighted by atomic mass is 16.5. The predicted octanol–water partition coefficient (Wildman–Crippen LogP) is 0.379. The quantitative estimate of drug-likeness (QED) is 0.468. The van der Waals surface area contributed by atoms with Crippen molar-refractivity contribution in [2.75, 3.05) is 6.61 Å². The average Bonchev–Trinajstić information content (AvgIpc) is 2.57. The normalized spacial score (nSPS) is 14.9. The molecule has 1 aromatic carbocycles. The van der Waals surface area contributed by atoms with Crippen LogP contribution in [-0.4, -0.2) is 25.0 Å². The molecule has 16 heavy (non-hydrogen) atoms. The molecule has 3 nitrogen and oxygen atoms in total. The highest BCUT2D eigenvalue weighted by Crippen LogP contribution is 2.24. The van der Waals surface area contributed by atoms with Gasteiger partial charge in [-0.2, -0.15) is 0 Å². The van der Waals surface area contributed by atoms with Crippen molar-refractivity contribution in [3.63, 3.8) is 0 Å². The highest BCUT2D eigenvalue weighted by molar-refractivity contribution is 6.33. The molecule has 1 aliphatic rings. The minimum Gasteiger partial charge on any atom is -0.459 e. The summed E-state index contributed by atoms with van der Waals surface area (Å²) in [6.07, 6.45) is 0. The summed E-state index contributed by atoms with van der Waals surface area (Å²) in [6, 6.07) is 6.19. The van der Waals surface area contributed by atoms with E-state index in [0.717, 1.165) is 17.4 Å². The molecular formula is C12H12BNO2. The number of rotatable bonds is 0. The molecule has 2 aromatic rings. The van der Waals surface area contributed by atoms with Gasteiger partial charge in [0, 0.05) is 5.39 Å². The van der Waals surface area contributed by atoms with Crippen LogP contribution in [0.15, 0.2) is 18.2 Å². The molecular weight excluding hydrogens is 201 g/mol. The van der Waals surface area contributed by atoms with Gasteiger partial charge in [0.2, 0.25) is 0 Å². The van der Waals surface area contributed by atoms with Crippen LogP contribution >= 0.6 is 0 Å². The number of ether oxygens (including phenoxy) is 1. The van der Waals surface area contributed by atoms with Crippen molar-refractivity contribution in [3.8, 4) is 0 Å². The van der Waals surface area contributed by atoms with E-state index in [-0.39, 0.29) is 5.97 Å². The van der Waals surface area contributed by atoms with Crippen molar-refractivity contribution in [2.45, 2.75) is 13.5 Å². The molecule has 0 unspecified atom stereocenters. The molecule has 0 saturated heterocycles. The molecule has 0 radical (unpaired) electrons. The molecule has 0 bridgehead atoms. The monoisotopic (exact) mass is 213 g/mol. The maximum absolute atomic E-state index is 11.6. The van der Waals surface area contributed by atoms with E-state index in [2.05, 4.69) is 31.5 Å². The van der Waals surface area contributed by atoms with Crippen LogP contribution in [0.5, 0.6) is 0 Å². The number of hydrogen-bond donors (Lipinski definition) is 0. The second kappa shape index (κ2) is 3.14. The van der Waals surface area contributed by atoms with Crippen molar-refractivity contribution < 1.29 is 9.53 Å². The van der Waals surface area contributed by atoms with Crippen molar-refractivity contribution in [1.29, 1.82) is 0 Å². The summed E-state index contributed by atoms with van der Waals surface area (Å²) in [5.41, 5.74) is 4.28. The number of aromatic nitrogens is 1. The molecule has 0 aliphatic carbocycles. The van der Waals surface area contributed by atoms with Gasteiger partial charge in [-0.1, -0.05) is 17.6 Å². The SMILES string of the molecule is Bc1cc(C)c2c(c1)cc1n2CCOC1=O. The number of hydrogen-bond acceptors (Lipinski definition) is 2. The molecule has 80 valence electrons. The van der Waals surface area contributed by atoms with Crippen LogP contribution < -0.4 is 5.46 Å². The van der Waals surface area contributed by atoms with Crippen LogP contribution in [0.1, 0.15) is 16.1 Å². The molecule has 3 rings (SSSR count). The first-order valence-electron chi connectivity index (χ1n) is 5.44. The van der Waals surface area contributed by atoms with Crippen molar-refractivity contribution in [1.82, 2.24) is 4.57 Å². The minimum absolute atomic E-state index is 0.209. The number of carbonyl (C=O) groups is 1. The lowest BCUT2D eigenvalue weighted by Gasteiger charge is -2.16. The average molecular weight is 213 g/mol. The van der Waals surface area contributed by atoms with E-state index < -0.39 is 0 Å². The Morgan fingerprint density at radius 1 is 1.38 bits per heavy atom. The fraction of sp³-hybridized carbons (Fsp3) is 0.250. The largest absolute Gasteiger partial charge is 0.459 e. The van der Waals surface area contributed by atoms with Crippen molar-refractivity contribution in [3.05, 3.63) is 29.5 Å². The van der Waals surface area contributed by atoms with Gasteiger partial charge in [-0.25, -0.2) is 4.79 Å². The van der Waals surface area contributed by atoms with Gasteiger partial charge < -0.3 is 9.30 Å². The van der Waals surface area contributed by atoms with Crippen molar-refractivity contribution in [2.24, 2.45) is 0 Å². The first kappa shape index (κ1) is 9.52. The fourth-order valence-electron chi connectivity index (χ4n) is 2.52.